The molecule has 1 saturated heterocycles. The van der Waals surface area contributed by atoms with Gasteiger partial charge in [0.1, 0.15) is 18.1 Å². The molecule has 0 radical (unpaired) electrons. The molecule has 0 bridgehead atoms. The minimum atomic E-state index is 0.245. The van der Waals surface area contributed by atoms with Crippen molar-refractivity contribution in [3.63, 3.8) is 0 Å². The minimum Gasteiger partial charge on any atom is -0.497 e. The molecule has 4 heteroatoms. The molecule has 0 unspecified atom stereocenters. The van der Waals surface area contributed by atoms with Gasteiger partial charge in [-0.05, 0) is 41.9 Å². The van der Waals surface area contributed by atoms with Gasteiger partial charge >= 0.3 is 0 Å². The first kappa shape index (κ1) is 19.0. The number of hydrogen-bond acceptors (Lipinski definition) is 4. The number of rotatable bonds is 6. The van der Waals surface area contributed by atoms with E-state index in [9.17, 15) is 0 Å². The van der Waals surface area contributed by atoms with E-state index in [1.165, 1.54) is 22.4 Å². The Kier molecular flexibility index (Phi) is 4.87. The number of likely N-dealkylation sites (tertiary alicyclic amines) is 1. The molecule has 0 atom stereocenters. The third kappa shape index (κ3) is 3.52. The summed E-state index contributed by atoms with van der Waals surface area (Å²) in [6.45, 7) is 4.77. The Bertz CT molecular complexity index is 1010. The second kappa shape index (κ2) is 7.69. The van der Waals surface area contributed by atoms with Crippen LogP contribution in [0.5, 0.6) is 11.5 Å². The third-order valence-corrected chi connectivity index (χ3v) is 6.30. The van der Waals surface area contributed by atoms with Crippen molar-refractivity contribution in [2.75, 3.05) is 38.7 Å². The Hall–Kier alpha value is -2.98. The molecule has 1 spiro atoms. The van der Waals surface area contributed by atoms with Crippen LogP contribution in [0.4, 0.5) is 5.69 Å². The van der Waals surface area contributed by atoms with Gasteiger partial charge in [0.05, 0.1) is 7.11 Å². The second-order valence-corrected chi connectivity index (χ2v) is 8.61. The van der Waals surface area contributed by atoms with E-state index in [-0.39, 0.29) is 5.41 Å². The summed E-state index contributed by atoms with van der Waals surface area (Å²) in [5.74, 6) is 1.83. The van der Waals surface area contributed by atoms with Crippen molar-refractivity contribution >= 4 is 5.69 Å². The first-order chi connectivity index (χ1) is 14.6. The Labute approximate surface area is 178 Å². The normalized spacial score (nSPS) is 16.9. The molecule has 5 rings (SSSR count). The zero-order chi connectivity index (χ0) is 20.6. The highest BCUT2D eigenvalue weighted by atomic mass is 16.5. The molecule has 2 aliphatic rings. The molecule has 0 amide bonds. The fraction of sp³-hybridized carbons (Fsp3) is 0.308. The van der Waals surface area contributed by atoms with Crippen molar-refractivity contribution in [2.24, 2.45) is 0 Å². The molecule has 3 aromatic rings. The molecule has 0 saturated carbocycles. The lowest BCUT2D eigenvalue weighted by atomic mass is 9.75. The summed E-state index contributed by atoms with van der Waals surface area (Å²) in [7, 11) is 3.91. The Morgan fingerprint density at radius 2 is 1.57 bits per heavy atom. The summed E-state index contributed by atoms with van der Waals surface area (Å²) in [5, 5.41) is 0. The molecule has 30 heavy (non-hydrogen) atoms. The lowest BCUT2D eigenvalue weighted by Gasteiger charge is -2.46. The van der Waals surface area contributed by atoms with Gasteiger partial charge in [-0.1, -0.05) is 48.5 Å². The average Bonchev–Trinajstić information content (AvgIpc) is 3.07. The Morgan fingerprint density at radius 1 is 0.833 bits per heavy atom. The lowest BCUT2D eigenvalue weighted by Crippen LogP contribution is -2.59. The summed E-state index contributed by atoms with van der Waals surface area (Å²) in [4.78, 5) is 4.92. The van der Waals surface area contributed by atoms with Gasteiger partial charge in [0.15, 0.2) is 0 Å². The van der Waals surface area contributed by atoms with Gasteiger partial charge in [-0.25, -0.2) is 0 Å². The zero-order valence-electron chi connectivity index (χ0n) is 17.7. The van der Waals surface area contributed by atoms with Crippen molar-refractivity contribution < 1.29 is 9.47 Å². The zero-order valence-corrected chi connectivity index (χ0v) is 17.7. The van der Waals surface area contributed by atoms with Gasteiger partial charge in [-0.2, -0.15) is 0 Å². The van der Waals surface area contributed by atoms with Crippen LogP contribution in [0.3, 0.4) is 0 Å². The van der Waals surface area contributed by atoms with Crippen LogP contribution in [-0.4, -0.2) is 38.7 Å². The Morgan fingerprint density at radius 3 is 2.27 bits per heavy atom. The number of ether oxygens (including phenoxy) is 2. The average molecular weight is 401 g/mol. The number of benzene rings is 3. The van der Waals surface area contributed by atoms with Gasteiger partial charge < -0.3 is 19.3 Å². The number of fused-ring (bicyclic) bond motifs is 2. The number of nitrogens with zero attached hydrogens (tertiary/aromatic N) is 2. The summed E-state index contributed by atoms with van der Waals surface area (Å²) in [5.41, 5.74) is 5.49. The number of likely N-dealkylation sites (N-methyl/N-ethyl adjacent to an activating group) is 1. The van der Waals surface area contributed by atoms with Gasteiger partial charge in [0, 0.05) is 43.3 Å². The first-order valence-corrected chi connectivity index (χ1v) is 10.5. The van der Waals surface area contributed by atoms with E-state index >= 15 is 0 Å². The summed E-state index contributed by atoms with van der Waals surface area (Å²) in [6.07, 6.45) is 0. The molecule has 4 nitrogen and oxygen atoms in total. The molecule has 3 aromatic carbocycles. The van der Waals surface area contributed by atoms with Crippen LogP contribution in [0.15, 0.2) is 72.8 Å². The maximum Gasteiger partial charge on any atom is 0.121 e. The minimum absolute atomic E-state index is 0.245. The van der Waals surface area contributed by atoms with Crippen molar-refractivity contribution in [1.29, 1.82) is 0 Å². The molecule has 0 N–H and O–H groups in total. The summed E-state index contributed by atoms with van der Waals surface area (Å²) < 4.78 is 11.4. The highest BCUT2D eigenvalue weighted by Crippen LogP contribution is 2.47. The van der Waals surface area contributed by atoms with Crippen LogP contribution >= 0.6 is 0 Å². The molecule has 1 fully saturated rings. The summed E-state index contributed by atoms with van der Waals surface area (Å²) in [6, 6.07) is 25.4. The van der Waals surface area contributed by atoms with Gasteiger partial charge in [0.25, 0.3) is 0 Å². The maximum absolute atomic E-state index is 6.13. The first-order valence-electron chi connectivity index (χ1n) is 10.5. The van der Waals surface area contributed by atoms with E-state index in [1.807, 2.05) is 18.2 Å². The molecule has 2 heterocycles. The fourth-order valence-electron chi connectivity index (χ4n) is 4.94. The van der Waals surface area contributed by atoms with Crippen LogP contribution in [-0.2, 0) is 18.6 Å². The van der Waals surface area contributed by atoms with Crippen molar-refractivity contribution in [1.82, 2.24) is 4.90 Å². The number of anilines is 1. The highest BCUT2D eigenvalue weighted by molar-refractivity contribution is 5.66. The van der Waals surface area contributed by atoms with Crippen molar-refractivity contribution in [2.45, 2.75) is 18.6 Å². The molecule has 0 aromatic heterocycles. The smallest absolute Gasteiger partial charge is 0.121 e. The van der Waals surface area contributed by atoms with Crippen LogP contribution in [0.2, 0.25) is 0 Å². The largest absolute Gasteiger partial charge is 0.497 e. The topological polar surface area (TPSA) is 24.9 Å². The van der Waals surface area contributed by atoms with E-state index in [1.54, 1.807) is 7.11 Å². The SMILES string of the molecule is COc1ccc(CN2CC3(CN(C)C3)c3ccc(OCc4ccccc4)cc32)cc1. The maximum atomic E-state index is 6.13. The van der Waals surface area contributed by atoms with E-state index in [4.69, 9.17) is 9.47 Å². The van der Waals surface area contributed by atoms with Gasteiger partial charge in [0.2, 0.25) is 0 Å². The lowest BCUT2D eigenvalue weighted by molar-refractivity contribution is 0.106. The third-order valence-electron chi connectivity index (χ3n) is 6.30. The fourth-order valence-corrected chi connectivity index (χ4v) is 4.94. The quantitative estimate of drug-likeness (QED) is 0.609. The Balaban J connectivity index is 1.39. The van der Waals surface area contributed by atoms with Crippen molar-refractivity contribution in [3.8, 4) is 11.5 Å². The van der Waals surface area contributed by atoms with E-state index in [0.29, 0.717) is 6.61 Å². The van der Waals surface area contributed by atoms with E-state index < -0.39 is 0 Å². The summed E-state index contributed by atoms with van der Waals surface area (Å²) >= 11 is 0. The van der Waals surface area contributed by atoms with Crippen molar-refractivity contribution in [3.05, 3.63) is 89.5 Å². The standard InChI is InChI=1S/C26H28N2O2/c1-27-17-26(18-27)19-28(15-20-8-10-22(29-2)11-9-20)25-14-23(12-13-24(25)26)30-16-21-6-4-3-5-7-21/h3-14H,15-19H2,1-2H3. The second-order valence-electron chi connectivity index (χ2n) is 8.61. The van der Waals surface area contributed by atoms with Crippen LogP contribution < -0.4 is 14.4 Å². The van der Waals surface area contributed by atoms with Gasteiger partial charge in [-0.3, -0.25) is 0 Å². The van der Waals surface area contributed by atoms with Crippen LogP contribution in [0, 0.1) is 0 Å². The molecular formula is C26H28N2O2. The predicted molar refractivity (Wildman–Crippen MR) is 120 cm³/mol. The molecule has 0 aliphatic carbocycles. The molecule has 2 aliphatic heterocycles. The van der Waals surface area contributed by atoms with E-state index in [2.05, 4.69) is 71.4 Å². The van der Waals surface area contributed by atoms with E-state index in [0.717, 1.165) is 37.7 Å². The van der Waals surface area contributed by atoms with Gasteiger partial charge in [-0.15, -0.1) is 0 Å². The highest BCUT2D eigenvalue weighted by Gasteiger charge is 2.49. The molecule has 154 valence electrons. The van der Waals surface area contributed by atoms with Crippen LogP contribution in [0.25, 0.3) is 0 Å². The van der Waals surface area contributed by atoms with Crippen LogP contribution in [0.1, 0.15) is 16.7 Å². The predicted octanol–water partition coefficient (Wildman–Crippen LogP) is 4.48. The monoisotopic (exact) mass is 400 g/mol. The number of methoxy groups -OCH3 is 1. The molecular weight excluding hydrogens is 372 g/mol. The number of hydrogen-bond donors (Lipinski definition) is 0.